The van der Waals surface area contributed by atoms with Gasteiger partial charge in [-0.15, -0.1) is 0 Å². The van der Waals surface area contributed by atoms with Gasteiger partial charge in [-0.2, -0.15) is 0 Å². The summed E-state index contributed by atoms with van der Waals surface area (Å²) < 4.78 is 15.2. The van der Waals surface area contributed by atoms with Crippen LogP contribution in [0.15, 0.2) is 55.1 Å². The first-order valence-corrected chi connectivity index (χ1v) is 9.19. The van der Waals surface area contributed by atoms with Crippen LogP contribution in [0.25, 0.3) is 5.82 Å². The number of hydrogen-bond donors (Lipinski definition) is 1. The van der Waals surface area contributed by atoms with Crippen molar-refractivity contribution in [2.45, 2.75) is 0 Å². The second kappa shape index (κ2) is 7.85. The molecule has 3 heterocycles. The molecule has 1 N–H and O–H groups in total. The molecule has 9 heteroatoms. The summed E-state index contributed by atoms with van der Waals surface area (Å²) in [5.74, 6) is 1.10. The quantitative estimate of drug-likeness (QED) is 0.731. The molecule has 3 aromatic rings. The van der Waals surface area contributed by atoms with Gasteiger partial charge >= 0.3 is 6.03 Å². The van der Waals surface area contributed by atoms with Gasteiger partial charge in [0.1, 0.15) is 23.8 Å². The van der Waals surface area contributed by atoms with Gasteiger partial charge in [-0.1, -0.05) is 11.6 Å². The number of halogens is 2. The maximum atomic E-state index is 13.2. The Balaban J connectivity index is 1.37. The Morgan fingerprint density at radius 3 is 2.46 bits per heavy atom. The van der Waals surface area contributed by atoms with Crippen LogP contribution in [0.1, 0.15) is 0 Å². The predicted molar refractivity (Wildman–Crippen MR) is 106 cm³/mol. The van der Waals surface area contributed by atoms with E-state index in [9.17, 15) is 9.18 Å². The van der Waals surface area contributed by atoms with E-state index in [2.05, 4.69) is 20.2 Å². The Morgan fingerprint density at radius 1 is 1.04 bits per heavy atom. The van der Waals surface area contributed by atoms with E-state index in [-0.39, 0.29) is 11.1 Å². The lowest BCUT2D eigenvalue weighted by molar-refractivity contribution is 0.208. The molecule has 2 amide bonds. The van der Waals surface area contributed by atoms with Crippen molar-refractivity contribution in [3.63, 3.8) is 0 Å². The molecule has 1 aromatic carbocycles. The number of nitrogens with zero attached hydrogens (tertiary/aromatic N) is 5. The smallest absolute Gasteiger partial charge is 0.321 e. The van der Waals surface area contributed by atoms with Crippen molar-refractivity contribution in [3.05, 3.63) is 66.0 Å². The van der Waals surface area contributed by atoms with Gasteiger partial charge in [0.2, 0.25) is 0 Å². The summed E-state index contributed by atoms with van der Waals surface area (Å²) in [5, 5.41) is 2.73. The van der Waals surface area contributed by atoms with Crippen LogP contribution in [-0.4, -0.2) is 51.6 Å². The van der Waals surface area contributed by atoms with E-state index in [1.807, 2.05) is 35.2 Å². The van der Waals surface area contributed by atoms with Crippen molar-refractivity contribution >= 4 is 29.1 Å². The maximum Gasteiger partial charge on any atom is 0.321 e. The monoisotopic (exact) mass is 400 g/mol. The van der Waals surface area contributed by atoms with Crippen molar-refractivity contribution in [3.8, 4) is 5.82 Å². The molecule has 7 nitrogen and oxygen atoms in total. The average Bonchev–Trinajstić information content (AvgIpc) is 3.26. The highest BCUT2D eigenvalue weighted by Gasteiger charge is 2.22. The van der Waals surface area contributed by atoms with Crippen LogP contribution < -0.4 is 10.2 Å². The minimum Gasteiger partial charge on any atom is -0.353 e. The summed E-state index contributed by atoms with van der Waals surface area (Å²) in [5.41, 5.74) is 0.464. The zero-order valence-corrected chi connectivity index (χ0v) is 15.7. The van der Waals surface area contributed by atoms with Gasteiger partial charge < -0.3 is 19.7 Å². The second-order valence-corrected chi connectivity index (χ2v) is 6.77. The molecule has 0 aliphatic carbocycles. The lowest BCUT2D eigenvalue weighted by Crippen LogP contribution is -2.50. The third kappa shape index (κ3) is 3.91. The summed E-state index contributed by atoms with van der Waals surface area (Å²) in [7, 11) is 0. The first kappa shape index (κ1) is 18.2. The van der Waals surface area contributed by atoms with E-state index in [1.54, 1.807) is 11.2 Å². The fourth-order valence-corrected chi connectivity index (χ4v) is 3.23. The summed E-state index contributed by atoms with van der Waals surface area (Å²) in [6, 6.07) is 9.68. The van der Waals surface area contributed by atoms with E-state index >= 15 is 0 Å². The zero-order chi connectivity index (χ0) is 19.5. The van der Waals surface area contributed by atoms with Gasteiger partial charge in [-0.3, -0.25) is 0 Å². The van der Waals surface area contributed by atoms with Gasteiger partial charge in [0.25, 0.3) is 0 Å². The molecule has 28 heavy (non-hydrogen) atoms. The first-order chi connectivity index (χ1) is 13.6. The minimum atomic E-state index is -0.516. The van der Waals surface area contributed by atoms with Crippen LogP contribution in [0.4, 0.5) is 20.7 Å². The number of nitrogens with one attached hydrogen (secondary N) is 1. The highest BCUT2D eigenvalue weighted by atomic mass is 35.5. The molecule has 0 saturated carbocycles. The number of urea groups is 1. The first-order valence-electron chi connectivity index (χ1n) is 8.81. The normalized spacial score (nSPS) is 14.2. The molecular formula is C19H18ClFN6O. The van der Waals surface area contributed by atoms with Crippen LogP contribution in [0.3, 0.4) is 0 Å². The van der Waals surface area contributed by atoms with Crippen molar-refractivity contribution in [2.75, 3.05) is 36.4 Å². The van der Waals surface area contributed by atoms with Crippen molar-refractivity contribution in [1.29, 1.82) is 0 Å². The number of benzene rings is 1. The van der Waals surface area contributed by atoms with E-state index in [1.165, 1.54) is 18.2 Å². The van der Waals surface area contributed by atoms with Crippen LogP contribution >= 0.6 is 11.6 Å². The second-order valence-electron chi connectivity index (χ2n) is 6.36. The maximum absolute atomic E-state index is 13.2. The molecule has 0 spiro atoms. The highest BCUT2D eigenvalue weighted by Crippen LogP contribution is 2.20. The highest BCUT2D eigenvalue weighted by molar-refractivity contribution is 6.31. The number of rotatable bonds is 3. The number of amides is 2. The molecule has 1 fully saturated rings. The molecule has 0 bridgehead atoms. The number of piperazine rings is 1. The molecule has 4 rings (SSSR count). The predicted octanol–water partition coefficient (Wildman–Crippen LogP) is 3.41. The number of hydrogen-bond acceptors (Lipinski definition) is 4. The zero-order valence-electron chi connectivity index (χ0n) is 14.9. The van der Waals surface area contributed by atoms with Crippen LogP contribution in [0.5, 0.6) is 0 Å². The third-order valence-electron chi connectivity index (χ3n) is 4.57. The Kier molecular flexibility index (Phi) is 5.12. The molecule has 2 aromatic heterocycles. The van der Waals surface area contributed by atoms with E-state index in [0.717, 1.165) is 11.6 Å². The van der Waals surface area contributed by atoms with Gasteiger partial charge in [-0.05, 0) is 30.3 Å². The molecule has 1 aliphatic heterocycles. The largest absolute Gasteiger partial charge is 0.353 e. The average molecular weight is 401 g/mol. The fraction of sp³-hybridized carbons (Fsp3) is 0.211. The summed E-state index contributed by atoms with van der Waals surface area (Å²) in [6.45, 7) is 2.40. The van der Waals surface area contributed by atoms with E-state index < -0.39 is 5.82 Å². The van der Waals surface area contributed by atoms with Crippen molar-refractivity contribution < 1.29 is 9.18 Å². The van der Waals surface area contributed by atoms with Gasteiger partial charge in [0.05, 0.1) is 5.02 Å². The Bertz CT molecular complexity index is 972. The fourth-order valence-electron chi connectivity index (χ4n) is 3.05. The molecule has 144 valence electrons. The summed E-state index contributed by atoms with van der Waals surface area (Å²) >= 11 is 5.76. The number of carbonyl (C=O) groups is 1. The molecule has 0 unspecified atom stereocenters. The number of carbonyl (C=O) groups excluding carboxylic acids is 1. The molecule has 0 atom stereocenters. The van der Waals surface area contributed by atoms with E-state index in [0.29, 0.717) is 31.9 Å². The van der Waals surface area contributed by atoms with Gasteiger partial charge in [0, 0.05) is 50.3 Å². The SMILES string of the molecule is O=C(Nc1ccc(F)c(Cl)c1)N1CCN(c2cc(-n3cccc3)ncn2)CC1. The lowest BCUT2D eigenvalue weighted by atomic mass is 10.3. The molecule has 1 aliphatic rings. The van der Waals surface area contributed by atoms with Crippen molar-refractivity contribution in [2.24, 2.45) is 0 Å². The van der Waals surface area contributed by atoms with Crippen LogP contribution in [0.2, 0.25) is 5.02 Å². The number of anilines is 2. The number of aromatic nitrogens is 3. The topological polar surface area (TPSA) is 66.3 Å². The molecule has 1 saturated heterocycles. The lowest BCUT2D eigenvalue weighted by Gasteiger charge is -2.35. The van der Waals surface area contributed by atoms with Crippen LogP contribution in [0, 0.1) is 5.82 Å². The van der Waals surface area contributed by atoms with Gasteiger partial charge in [-0.25, -0.2) is 19.2 Å². The molecular weight excluding hydrogens is 383 g/mol. The summed E-state index contributed by atoms with van der Waals surface area (Å²) in [6.07, 6.45) is 5.40. The summed E-state index contributed by atoms with van der Waals surface area (Å²) in [4.78, 5) is 24.9. The van der Waals surface area contributed by atoms with E-state index in [4.69, 9.17) is 11.6 Å². The Labute approximate surface area is 166 Å². The van der Waals surface area contributed by atoms with Crippen LogP contribution in [-0.2, 0) is 0 Å². The Hall–Kier alpha value is -3.13. The minimum absolute atomic E-state index is 0.0233. The molecule has 0 radical (unpaired) electrons. The third-order valence-corrected chi connectivity index (χ3v) is 4.86. The Morgan fingerprint density at radius 2 is 1.75 bits per heavy atom. The van der Waals surface area contributed by atoms with Crippen molar-refractivity contribution in [1.82, 2.24) is 19.4 Å². The van der Waals surface area contributed by atoms with Gasteiger partial charge in [0.15, 0.2) is 0 Å². The standard InChI is InChI=1S/C19H18ClFN6O/c20-15-11-14(3-4-16(15)21)24-19(28)27-9-7-26(8-10-27)18-12-17(22-13-23-18)25-5-1-2-6-25/h1-6,11-13H,7-10H2,(H,24,28).